The minimum absolute atomic E-state index is 0.329. The first-order valence-corrected chi connectivity index (χ1v) is 14.0. The number of hydrogen-bond acceptors (Lipinski definition) is 4. The summed E-state index contributed by atoms with van der Waals surface area (Å²) in [6.07, 6.45) is 20.6. The molecule has 0 spiro atoms. The van der Waals surface area contributed by atoms with Crippen molar-refractivity contribution in [2.24, 2.45) is 5.92 Å². The average molecular weight is 475 g/mol. The van der Waals surface area contributed by atoms with Gasteiger partial charge < -0.3 is 9.47 Å². The van der Waals surface area contributed by atoms with Gasteiger partial charge in [0.25, 0.3) is 0 Å². The molecular weight excluding hydrogens is 424 g/mol. The fourth-order valence-corrected chi connectivity index (χ4v) is 3.93. The van der Waals surface area contributed by atoms with Gasteiger partial charge in [-0.3, -0.25) is 0 Å². The molecule has 1 aromatic carbocycles. The number of benzene rings is 1. The monoisotopic (exact) mass is 474 g/mol. The second-order valence-corrected chi connectivity index (χ2v) is 9.98. The van der Waals surface area contributed by atoms with Crippen LogP contribution in [0, 0.1) is 5.92 Å². The summed E-state index contributed by atoms with van der Waals surface area (Å²) in [5.74, 6) is -0.182. The Hall–Kier alpha value is -1.84. The van der Waals surface area contributed by atoms with Gasteiger partial charge in [0.1, 0.15) is 0 Å². The van der Waals surface area contributed by atoms with Crippen LogP contribution < -0.4 is 0 Å². The highest BCUT2D eigenvalue weighted by Gasteiger charge is 2.11. The molecule has 1 rings (SSSR count). The third kappa shape index (κ3) is 15.9. The SMILES string of the molecule is CCCCCCCCCCCCCCCCCOC(=O)c1ccc(C(=O)OCCC(C)C)cc1. The zero-order valence-electron chi connectivity index (χ0n) is 22.2. The molecule has 0 aliphatic rings. The minimum Gasteiger partial charge on any atom is -0.462 e. The van der Waals surface area contributed by atoms with Crippen molar-refractivity contribution in [1.82, 2.24) is 0 Å². The molecule has 0 radical (unpaired) electrons. The zero-order valence-corrected chi connectivity index (χ0v) is 22.2. The summed E-state index contributed by atoms with van der Waals surface area (Å²) >= 11 is 0. The summed E-state index contributed by atoms with van der Waals surface area (Å²) in [6.45, 7) is 7.32. The fourth-order valence-electron chi connectivity index (χ4n) is 3.93. The predicted molar refractivity (Wildman–Crippen MR) is 141 cm³/mol. The molecule has 0 bridgehead atoms. The molecule has 0 saturated heterocycles. The van der Waals surface area contributed by atoms with Crippen LogP contribution in [0.1, 0.15) is 144 Å². The van der Waals surface area contributed by atoms with E-state index in [9.17, 15) is 9.59 Å². The van der Waals surface area contributed by atoms with Gasteiger partial charge in [-0.1, -0.05) is 111 Å². The molecule has 34 heavy (non-hydrogen) atoms. The van der Waals surface area contributed by atoms with Crippen LogP contribution in [0.2, 0.25) is 0 Å². The maximum absolute atomic E-state index is 12.2. The van der Waals surface area contributed by atoms with Crippen molar-refractivity contribution in [3.8, 4) is 0 Å². The van der Waals surface area contributed by atoms with Gasteiger partial charge in [0, 0.05) is 0 Å². The largest absolute Gasteiger partial charge is 0.462 e. The van der Waals surface area contributed by atoms with Crippen molar-refractivity contribution in [3.63, 3.8) is 0 Å². The Morgan fingerprint density at radius 2 is 0.941 bits per heavy atom. The number of carbonyl (C=O) groups excluding carboxylic acids is 2. The van der Waals surface area contributed by atoms with E-state index in [1.165, 1.54) is 83.5 Å². The van der Waals surface area contributed by atoms with E-state index in [0.29, 0.717) is 30.3 Å². The standard InChI is InChI=1S/C30H50O4/c1-4-5-6-7-8-9-10-11-12-13-14-15-16-17-18-24-33-29(31)27-19-21-28(22-20-27)30(32)34-25-23-26(2)3/h19-22,26H,4-18,23-25H2,1-3H3. The number of hydrogen-bond donors (Lipinski definition) is 0. The van der Waals surface area contributed by atoms with Crippen LogP contribution in [-0.2, 0) is 9.47 Å². The molecule has 0 fully saturated rings. The summed E-state index contributed by atoms with van der Waals surface area (Å²) in [5.41, 5.74) is 0.933. The van der Waals surface area contributed by atoms with Crippen LogP contribution in [0.5, 0.6) is 0 Å². The molecule has 194 valence electrons. The second kappa shape index (κ2) is 20.5. The van der Waals surface area contributed by atoms with E-state index in [1.54, 1.807) is 24.3 Å². The lowest BCUT2D eigenvalue weighted by Crippen LogP contribution is -2.10. The van der Waals surface area contributed by atoms with Crippen molar-refractivity contribution < 1.29 is 19.1 Å². The molecule has 0 N–H and O–H groups in total. The number of ether oxygens (including phenoxy) is 2. The molecule has 4 heteroatoms. The van der Waals surface area contributed by atoms with Crippen molar-refractivity contribution in [1.29, 1.82) is 0 Å². The maximum atomic E-state index is 12.2. The van der Waals surface area contributed by atoms with Gasteiger partial charge in [-0.05, 0) is 43.0 Å². The van der Waals surface area contributed by atoms with Gasteiger partial charge in [-0.2, -0.15) is 0 Å². The van der Waals surface area contributed by atoms with E-state index in [2.05, 4.69) is 20.8 Å². The van der Waals surface area contributed by atoms with Crippen LogP contribution in [-0.4, -0.2) is 25.2 Å². The number of rotatable bonds is 21. The Labute approximate surface area is 209 Å². The van der Waals surface area contributed by atoms with Crippen LogP contribution in [0.4, 0.5) is 0 Å². The highest BCUT2D eigenvalue weighted by atomic mass is 16.5. The normalized spacial score (nSPS) is 11.1. The van der Waals surface area contributed by atoms with Crippen LogP contribution in [0.25, 0.3) is 0 Å². The van der Waals surface area contributed by atoms with E-state index in [1.807, 2.05) is 0 Å². The van der Waals surface area contributed by atoms with Gasteiger partial charge in [-0.15, -0.1) is 0 Å². The van der Waals surface area contributed by atoms with E-state index >= 15 is 0 Å². The number of unbranched alkanes of at least 4 members (excludes halogenated alkanes) is 14. The fraction of sp³-hybridized carbons (Fsp3) is 0.733. The summed E-state index contributed by atoms with van der Waals surface area (Å²) in [6, 6.07) is 6.52. The molecule has 0 amide bonds. The molecule has 0 unspecified atom stereocenters. The van der Waals surface area contributed by atoms with Crippen molar-refractivity contribution >= 4 is 11.9 Å². The Kier molecular flexibility index (Phi) is 18.2. The zero-order chi connectivity index (χ0) is 24.9. The Balaban J connectivity index is 1.98. The Bertz CT molecular complexity index is 636. The summed E-state index contributed by atoms with van der Waals surface area (Å²) in [4.78, 5) is 24.2. The molecule has 4 nitrogen and oxygen atoms in total. The highest BCUT2D eigenvalue weighted by Crippen LogP contribution is 2.14. The first kappa shape index (κ1) is 30.2. The predicted octanol–water partition coefficient (Wildman–Crippen LogP) is 8.92. The lowest BCUT2D eigenvalue weighted by atomic mass is 10.0. The quantitative estimate of drug-likeness (QED) is 0.132. The maximum Gasteiger partial charge on any atom is 0.338 e. The summed E-state index contributed by atoms with van der Waals surface area (Å²) < 4.78 is 10.6. The van der Waals surface area contributed by atoms with Crippen molar-refractivity contribution in [2.75, 3.05) is 13.2 Å². The molecular formula is C30H50O4. The molecule has 1 aromatic rings. The molecule has 0 aliphatic heterocycles. The van der Waals surface area contributed by atoms with Gasteiger partial charge in [0.15, 0.2) is 0 Å². The smallest absolute Gasteiger partial charge is 0.338 e. The molecule has 0 atom stereocenters. The van der Waals surface area contributed by atoms with Crippen molar-refractivity contribution in [2.45, 2.75) is 124 Å². The topological polar surface area (TPSA) is 52.6 Å². The third-order valence-electron chi connectivity index (χ3n) is 6.27. The summed E-state index contributed by atoms with van der Waals surface area (Å²) in [7, 11) is 0. The second-order valence-electron chi connectivity index (χ2n) is 9.98. The summed E-state index contributed by atoms with van der Waals surface area (Å²) in [5, 5.41) is 0. The van der Waals surface area contributed by atoms with Crippen LogP contribution in [0.15, 0.2) is 24.3 Å². The lowest BCUT2D eigenvalue weighted by Gasteiger charge is -2.08. The number of esters is 2. The van der Waals surface area contributed by atoms with Gasteiger partial charge >= 0.3 is 11.9 Å². The Morgan fingerprint density at radius 1 is 0.588 bits per heavy atom. The molecule has 0 aliphatic carbocycles. The Morgan fingerprint density at radius 3 is 1.32 bits per heavy atom. The van der Waals surface area contributed by atoms with Gasteiger partial charge in [0.2, 0.25) is 0 Å². The van der Waals surface area contributed by atoms with E-state index in [-0.39, 0.29) is 11.9 Å². The minimum atomic E-state index is -0.349. The van der Waals surface area contributed by atoms with Gasteiger partial charge in [-0.25, -0.2) is 9.59 Å². The molecule has 0 saturated carbocycles. The third-order valence-corrected chi connectivity index (χ3v) is 6.27. The first-order chi connectivity index (χ1) is 16.5. The lowest BCUT2D eigenvalue weighted by molar-refractivity contribution is 0.0477. The van der Waals surface area contributed by atoms with Crippen LogP contribution in [0.3, 0.4) is 0 Å². The van der Waals surface area contributed by atoms with Crippen molar-refractivity contribution in [3.05, 3.63) is 35.4 Å². The van der Waals surface area contributed by atoms with E-state index in [0.717, 1.165) is 19.3 Å². The van der Waals surface area contributed by atoms with E-state index in [4.69, 9.17) is 9.47 Å². The first-order valence-electron chi connectivity index (χ1n) is 14.0. The van der Waals surface area contributed by atoms with E-state index < -0.39 is 0 Å². The number of carbonyl (C=O) groups is 2. The van der Waals surface area contributed by atoms with Crippen LogP contribution >= 0.6 is 0 Å². The van der Waals surface area contributed by atoms with Gasteiger partial charge in [0.05, 0.1) is 24.3 Å². The highest BCUT2D eigenvalue weighted by molar-refractivity contribution is 5.93. The molecule has 0 aromatic heterocycles. The molecule has 0 heterocycles. The average Bonchev–Trinajstić information content (AvgIpc) is 2.83.